The monoisotopic (exact) mass is 202 g/mol. The molecule has 12 heavy (non-hydrogen) atoms. The second kappa shape index (κ2) is 3.55. The summed E-state index contributed by atoms with van der Waals surface area (Å²) >= 11 is 8.81. The van der Waals surface area contributed by atoms with Crippen molar-refractivity contribution in [1.82, 2.24) is 9.78 Å². The summed E-state index contributed by atoms with van der Waals surface area (Å²) in [4.78, 5) is 0. The van der Waals surface area contributed by atoms with Crippen LogP contribution in [0.4, 0.5) is 0 Å². The van der Waals surface area contributed by atoms with Crippen molar-refractivity contribution in [2.75, 3.05) is 0 Å². The van der Waals surface area contributed by atoms with Crippen LogP contribution in [0, 0.1) is 4.64 Å². The highest BCUT2D eigenvalue weighted by Gasteiger charge is 2.20. The van der Waals surface area contributed by atoms with E-state index >= 15 is 0 Å². The van der Waals surface area contributed by atoms with E-state index in [9.17, 15) is 0 Å². The van der Waals surface area contributed by atoms with Crippen LogP contribution >= 0.6 is 25.1 Å². The SMILES string of the molecule is CC(C)(OS)n1ncccc1=S. The average Bonchev–Trinajstić information content (AvgIpc) is 2.05. The van der Waals surface area contributed by atoms with Gasteiger partial charge in [-0.1, -0.05) is 12.2 Å². The average molecular weight is 202 g/mol. The van der Waals surface area contributed by atoms with E-state index in [4.69, 9.17) is 16.4 Å². The van der Waals surface area contributed by atoms with Gasteiger partial charge in [-0.05, 0) is 38.9 Å². The maximum Gasteiger partial charge on any atom is 0.169 e. The van der Waals surface area contributed by atoms with Crippen molar-refractivity contribution in [2.45, 2.75) is 19.6 Å². The number of nitrogens with zero attached hydrogens (tertiary/aromatic N) is 2. The van der Waals surface area contributed by atoms with Crippen molar-refractivity contribution in [2.24, 2.45) is 0 Å². The molecule has 0 saturated heterocycles. The zero-order valence-electron chi connectivity index (χ0n) is 6.89. The Hall–Kier alpha value is -0.390. The second-order valence-corrected chi connectivity index (χ2v) is 3.41. The third-order valence-corrected chi connectivity index (χ3v) is 2.21. The number of thiol groups is 1. The lowest BCUT2D eigenvalue weighted by Crippen LogP contribution is -2.29. The molecule has 1 heterocycles. The molecular weight excluding hydrogens is 192 g/mol. The molecule has 0 bridgehead atoms. The molecule has 0 N–H and O–H groups in total. The summed E-state index contributed by atoms with van der Waals surface area (Å²) in [5.41, 5.74) is -0.610. The van der Waals surface area contributed by atoms with E-state index in [1.54, 1.807) is 23.0 Å². The topological polar surface area (TPSA) is 27.1 Å². The lowest BCUT2D eigenvalue weighted by atomic mass is 10.3. The van der Waals surface area contributed by atoms with Crippen molar-refractivity contribution >= 4 is 25.1 Å². The largest absolute Gasteiger partial charge is 0.289 e. The summed E-state index contributed by atoms with van der Waals surface area (Å²) in [6.45, 7) is 3.67. The van der Waals surface area contributed by atoms with Crippen LogP contribution < -0.4 is 0 Å². The van der Waals surface area contributed by atoms with Crippen LogP contribution in [0.25, 0.3) is 0 Å². The zero-order valence-corrected chi connectivity index (χ0v) is 8.60. The lowest BCUT2D eigenvalue weighted by molar-refractivity contribution is 0.0408. The number of rotatable bonds is 2. The standard InChI is InChI=1S/C7H10N2OS2/c1-7(2,10-12)9-6(11)4-3-5-8-9/h3-5,12H,1-2H3. The van der Waals surface area contributed by atoms with Crippen LogP contribution in [0.3, 0.4) is 0 Å². The van der Waals surface area contributed by atoms with E-state index in [0.717, 1.165) is 0 Å². The fraction of sp³-hybridized carbons (Fsp3) is 0.429. The summed E-state index contributed by atoms with van der Waals surface area (Å²) < 4.78 is 7.15. The van der Waals surface area contributed by atoms with Gasteiger partial charge in [-0.3, -0.25) is 4.18 Å². The normalized spacial score (nSPS) is 11.6. The molecule has 0 atom stereocenters. The smallest absolute Gasteiger partial charge is 0.169 e. The van der Waals surface area contributed by atoms with Crippen molar-refractivity contribution < 1.29 is 4.18 Å². The molecular formula is C7H10N2OS2. The molecule has 5 heteroatoms. The minimum Gasteiger partial charge on any atom is -0.289 e. The molecule has 0 aliphatic heterocycles. The summed E-state index contributed by atoms with van der Waals surface area (Å²) in [5.74, 6) is 0. The summed E-state index contributed by atoms with van der Waals surface area (Å²) in [7, 11) is 0. The van der Waals surface area contributed by atoms with Gasteiger partial charge in [0.15, 0.2) is 5.72 Å². The van der Waals surface area contributed by atoms with E-state index in [-0.39, 0.29) is 0 Å². The van der Waals surface area contributed by atoms with Gasteiger partial charge < -0.3 is 0 Å². The Bertz CT molecular complexity index is 321. The molecule has 1 rings (SSSR count). The first-order valence-electron chi connectivity index (χ1n) is 3.45. The molecule has 3 nitrogen and oxygen atoms in total. The van der Waals surface area contributed by atoms with Gasteiger partial charge in [0.05, 0.1) is 0 Å². The van der Waals surface area contributed by atoms with Crippen LogP contribution in [0.15, 0.2) is 18.3 Å². The highest BCUT2D eigenvalue weighted by Crippen LogP contribution is 2.16. The predicted octanol–water partition coefficient (Wildman–Crippen LogP) is 2.17. The molecule has 0 spiro atoms. The van der Waals surface area contributed by atoms with Gasteiger partial charge in [0.1, 0.15) is 4.64 Å². The minimum absolute atomic E-state index is 0.610. The van der Waals surface area contributed by atoms with Gasteiger partial charge in [-0.25, -0.2) is 4.68 Å². The summed E-state index contributed by atoms with van der Waals surface area (Å²) in [6.07, 6.45) is 1.66. The second-order valence-electron chi connectivity index (χ2n) is 2.81. The van der Waals surface area contributed by atoms with Gasteiger partial charge >= 0.3 is 0 Å². The Kier molecular flexibility index (Phi) is 2.87. The Morgan fingerprint density at radius 1 is 1.67 bits per heavy atom. The van der Waals surface area contributed by atoms with E-state index in [1.165, 1.54) is 0 Å². The Morgan fingerprint density at radius 2 is 2.33 bits per heavy atom. The molecule has 66 valence electrons. The molecule has 0 aliphatic carbocycles. The molecule has 0 saturated carbocycles. The molecule has 1 aromatic rings. The molecule has 0 unspecified atom stereocenters. The van der Waals surface area contributed by atoms with Gasteiger partial charge in [0.2, 0.25) is 0 Å². The Labute approximate surface area is 82.0 Å². The molecule has 0 radical (unpaired) electrons. The van der Waals surface area contributed by atoms with Gasteiger partial charge in [0, 0.05) is 6.20 Å². The van der Waals surface area contributed by atoms with Crippen LogP contribution in [0.5, 0.6) is 0 Å². The third-order valence-electron chi connectivity index (χ3n) is 1.45. The predicted molar refractivity (Wildman–Crippen MR) is 52.5 cm³/mol. The molecule has 0 fully saturated rings. The molecule has 0 aliphatic rings. The van der Waals surface area contributed by atoms with Crippen molar-refractivity contribution in [3.63, 3.8) is 0 Å². The van der Waals surface area contributed by atoms with Gasteiger partial charge in [-0.15, -0.1) is 0 Å². The summed E-state index contributed by atoms with van der Waals surface area (Å²) in [5, 5.41) is 4.06. The van der Waals surface area contributed by atoms with E-state index < -0.39 is 5.72 Å². The van der Waals surface area contributed by atoms with Crippen LogP contribution in [-0.4, -0.2) is 9.78 Å². The Balaban J connectivity index is 3.20. The maximum atomic E-state index is 5.05. The lowest BCUT2D eigenvalue weighted by Gasteiger charge is -2.23. The van der Waals surface area contributed by atoms with E-state index in [1.807, 2.05) is 13.8 Å². The maximum absolute atomic E-state index is 5.05. The highest BCUT2D eigenvalue weighted by atomic mass is 32.1. The van der Waals surface area contributed by atoms with Crippen LogP contribution in [0.1, 0.15) is 13.8 Å². The van der Waals surface area contributed by atoms with Crippen molar-refractivity contribution in [3.8, 4) is 0 Å². The first-order valence-corrected chi connectivity index (χ1v) is 4.22. The minimum atomic E-state index is -0.610. The van der Waals surface area contributed by atoms with Crippen molar-refractivity contribution in [3.05, 3.63) is 23.0 Å². The van der Waals surface area contributed by atoms with Crippen LogP contribution in [0.2, 0.25) is 0 Å². The van der Waals surface area contributed by atoms with Gasteiger partial charge in [-0.2, -0.15) is 5.10 Å². The summed E-state index contributed by atoms with van der Waals surface area (Å²) in [6, 6.07) is 3.57. The quantitative estimate of drug-likeness (QED) is 0.452. The van der Waals surface area contributed by atoms with Crippen molar-refractivity contribution in [1.29, 1.82) is 0 Å². The van der Waals surface area contributed by atoms with E-state index in [0.29, 0.717) is 4.64 Å². The van der Waals surface area contributed by atoms with E-state index in [2.05, 4.69) is 18.0 Å². The number of hydrogen-bond acceptors (Lipinski definition) is 4. The zero-order chi connectivity index (χ0) is 9.19. The number of hydrogen-bond donors (Lipinski definition) is 1. The van der Waals surface area contributed by atoms with Crippen LogP contribution in [-0.2, 0) is 9.91 Å². The fourth-order valence-corrected chi connectivity index (χ4v) is 1.22. The number of aromatic nitrogens is 2. The first-order chi connectivity index (χ1) is 5.58. The third kappa shape index (κ3) is 1.85. The molecule has 1 aromatic heterocycles. The first kappa shape index (κ1) is 9.70. The van der Waals surface area contributed by atoms with Gasteiger partial charge in [0.25, 0.3) is 0 Å². The molecule has 0 aromatic carbocycles. The Morgan fingerprint density at radius 3 is 2.83 bits per heavy atom. The fourth-order valence-electron chi connectivity index (χ4n) is 0.801. The highest BCUT2D eigenvalue weighted by molar-refractivity contribution is 7.75. The molecule has 0 amide bonds.